The van der Waals surface area contributed by atoms with Crippen molar-refractivity contribution in [2.75, 3.05) is 0 Å². The van der Waals surface area contributed by atoms with Crippen molar-refractivity contribution in [1.29, 1.82) is 0 Å². The molecule has 0 bridgehead atoms. The van der Waals surface area contributed by atoms with Gasteiger partial charge < -0.3 is 10.2 Å². The molecule has 0 aliphatic carbocycles. The second-order valence-electron chi connectivity index (χ2n) is 2.97. The van der Waals surface area contributed by atoms with E-state index in [4.69, 9.17) is 0 Å². The first-order chi connectivity index (χ1) is 6.71. The third-order valence-corrected chi connectivity index (χ3v) is 2.03. The van der Waals surface area contributed by atoms with E-state index in [-0.39, 0.29) is 0 Å². The first-order valence-corrected chi connectivity index (χ1v) is 4.20. The molecule has 4 heteroatoms. The van der Waals surface area contributed by atoms with Gasteiger partial charge in [0.2, 0.25) is 0 Å². The molecule has 0 spiro atoms. The summed E-state index contributed by atoms with van der Waals surface area (Å²) in [5.74, 6) is -2.03. The SMILES string of the molecule is OC(O)(c1ccccc1)n1ccnc1. The van der Waals surface area contributed by atoms with E-state index < -0.39 is 5.91 Å². The number of benzene rings is 1. The van der Waals surface area contributed by atoms with Crippen molar-refractivity contribution in [3.05, 3.63) is 54.6 Å². The fourth-order valence-corrected chi connectivity index (χ4v) is 1.25. The number of nitrogens with zero attached hydrogens (tertiary/aromatic N) is 2. The molecule has 0 atom stereocenters. The number of rotatable bonds is 2. The highest BCUT2D eigenvalue weighted by Gasteiger charge is 2.27. The first kappa shape index (κ1) is 8.93. The molecule has 1 heterocycles. The van der Waals surface area contributed by atoms with Crippen LogP contribution in [-0.4, -0.2) is 19.8 Å². The lowest BCUT2D eigenvalue weighted by atomic mass is 10.1. The smallest absolute Gasteiger partial charge is 0.279 e. The Morgan fingerprint density at radius 1 is 1.14 bits per heavy atom. The number of imidazole rings is 1. The predicted molar refractivity (Wildman–Crippen MR) is 50.2 cm³/mol. The third-order valence-electron chi connectivity index (χ3n) is 2.03. The molecule has 2 rings (SSSR count). The maximum atomic E-state index is 9.82. The van der Waals surface area contributed by atoms with Crippen molar-refractivity contribution in [1.82, 2.24) is 9.55 Å². The van der Waals surface area contributed by atoms with Crippen LogP contribution in [0, 0.1) is 0 Å². The van der Waals surface area contributed by atoms with Crippen LogP contribution in [0.15, 0.2) is 49.1 Å². The highest BCUT2D eigenvalue weighted by molar-refractivity contribution is 5.19. The fourth-order valence-electron chi connectivity index (χ4n) is 1.25. The predicted octanol–water partition coefficient (Wildman–Crippen LogP) is 0.526. The molecule has 72 valence electrons. The summed E-state index contributed by atoms with van der Waals surface area (Å²) < 4.78 is 1.22. The number of aromatic nitrogens is 2. The lowest BCUT2D eigenvalue weighted by molar-refractivity contribution is -0.192. The van der Waals surface area contributed by atoms with Gasteiger partial charge in [0.15, 0.2) is 0 Å². The Kier molecular flexibility index (Phi) is 2.07. The topological polar surface area (TPSA) is 58.3 Å². The molecule has 4 nitrogen and oxygen atoms in total. The summed E-state index contributed by atoms with van der Waals surface area (Å²) in [6, 6.07) is 8.58. The minimum Gasteiger partial charge on any atom is -0.345 e. The molecule has 2 N–H and O–H groups in total. The fraction of sp³-hybridized carbons (Fsp3) is 0.100. The van der Waals surface area contributed by atoms with Gasteiger partial charge in [0.25, 0.3) is 5.91 Å². The van der Waals surface area contributed by atoms with Crippen LogP contribution >= 0.6 is 0 Å². The van der Waals surface area contributed by atoms with E-state index in [1.165, 1.54) is 23.3 Å². The van der Waals surface area contributed by atoms with E-state index in [1.807, 2.05) is 6.07 Å². The summed E-state index contributed by atoms with van der Waals surface area (Å²) in [4.78, 5) is 3.76. The summed E-state index contributed by atoms with van der Waals surface area (Å²) in [5.41, 5.74) is 0.401. The van der Waals surface area contributed by atoms with Crippen molar-refractivity contribution in [3.63, 3.8) is 0 Å². The molecule has 2 aromatic rings. The van der Waals surface area contributed by atoms with E-state index >= 15 is 0 Å². The number of aliphatic hydroxyl groups is 2. The first-order valence-electron chi connectivity index (χ1n) is 4.20. The van der Waals surface area contributed by atoms with Gasteiger partial charge in [-0.1, -0.05) is 30.3 Å². The zero-order valence-electron chi connectivity index (χ0n) is 7.41. The Bertz CT molecular complexity index is 395. The van der Waals surface area contributed by atoms with E-state index in [0.29, 0.717) is 5.56 Å². The van der Waals surface area contributed by atoms with Crippen LogP contribution in [0.4, 0.5) is 0 Å². The standard InChI is InChI=1S/C10H10N2O2/c13-10(14,12-7-6-11-8-12)9-4-2-1-3-5-9/h1-8,13-14H. The van der Waals surface area contributed by atoms with E-state index in [2.05, 4.69) is 4.98 Å². The minimum absolute atomic E-state index is 0.401. The van der Waals surface area contributed by atoms with Crippen LogP contribution < -0.4 is 0 Å². The van der Waals surface area contributed by atoms with Gasteiger partial charge in [0, 0.05) is 18.0 Å². The van der Waals surface area contributed by atoms with Crippen molar-refractivity contribution in [2.24, 2.45) is 0 Å². The van der Waals surface area contributed by atoms with Gasteiger partial charge in [-0.15, -0.1) is 0 Å². The summed E-state index contributed by atoms with van der Waals surface area (Å²) in [6.45, 7) is 0. The lowest BCUT2D eigenvalue weighted by Gasteiger charge is -2.22. The molecule has 0 saturated carbocycles. The molecule has 1 aromatic carbocycles. The van der Waals surface area contributed by atoms with E-state index in [1.54, 1.807) is 24.3 Å². The summed E-state index contributed by atoms with van der Waals surface area (Å²) in [6.07, 6.45) is 4.34. The monoisotopic (exact) mass is 190 g/mol. The maximum Gasteiger partial charge on any atom is 0.279 e. The molecule has 1 aromatic heterocycles. The molecule has 0 radical (unpaired) electrons. The molecule has 0 aliphatic heterocycles. The number of hydrogen-bond donors (Lipinski definition) is 2. The quantitative estimate of drug-likeness (QED) is 0.679. The highest BCUT2D eigenvalue weighted by atomic mass is 16.5. The van der Waals surface area contributed by atoms with Crippen LogP contribution in [0.3, 0.4) is 0 Å². The van der Waals surface area contributed by atoms with Crippen molar-refractivity contribution >= 4 is 0 Å². The maximum absolute atomic E-state index is 9.82. The minimum atomic E-state index is -2.03. The zero-order chi connectivity index (χ0) is 10.0. The van der Waals surface area contributed by atoms with Crippen LogP contribution in [0.25, 0.3) is 0 Å². The van der Waals surface area contributed by atoms with Crippen LogP contribution in [-0.2, 0) is 5.91 Å². The molecule has 0 amide bonds. The van der Waals surface area contributed by atoms with Gasteiger partial charge in [-0.05, 0) is 0 Å². The van der Waals surface area contributed by atoms with Gasteiger partial charge in [0.1, 0.15) is 0 Å². The number of hydrogen-bond acceptors (Lipinski definition) is 3. The van der Waals surface area contributed by atoms with Gasteiger partial charge in [0.05, 0.1) is 6.33 Å². The van der Waals surface area contributed by atoms with Crippen molar-refractivity contribution in [3.8, 4) is 0 Å². The van der Waals surface area contributed by atoms with E-state index in [0.717, 1.165) is 0 Å². The molecular formula is C10H10N2O2. The Labute approximate surface area is 81.1 Å². The summed E-state index contributed by atoms with van der Waals surface area (Å²) in [5, 5.41) is 19.6. The van der Waals surface area contributed by atoms with Crippen LogP contribution in [0.1, 0.15) is 5.56 Å². The molecule has 0 unspecified atom stereocenters. The average molecular weight is 190 g/mol. The summed E-state index contributed by atoms with van der Waals surface area (Å²) in [7, 11) is 0. The third kappa shape index (κ3) is 1.41. The van der Waals surface area contributed by atoms with E-state index in [9.17, 15) is 10.2 Å². The summed E-state index contributed by atoms with van der Waals surface area (Å²) >= 11 is 0. The van der Waals surface area contributed by atoms with Crippen LogP contribution in [0.5, 0.6) is 0 Å². The second kappa shape index (κ2) is 3.25. The van der Waals surface area contributed by atoms with Crippen molar-refractivity contribution in [2.45, 2.75) is 5.91 Å². The highest BCUT2D eigenvalue weighted by Crippen LogP contribution is 2.19. The van der Waals surface area contributed by atoms with Crippen molar-refractivity contribution < 1.29 is 10.2 Å². The van der Waals surface area contributed by atoms with Gasteiger partial charge >= 0.3 is 0 Å². The Balaban J connectivity index is 2.43. The largest absolute Gasteiger partial charge is 0.345 e. The second-order valence-corrected chi connectivity index (χ2v) is 2.97. The molecule has 0 aliphatic rings. The van der Waals surface area contributed by atoms with Crippen LogP contribution in [0.2, 0.25) is 0 Å². The molecule has 0 fully saturated rings. The van der Waals surface area contributed by atoms with Gasteiger partial charge in [-0.25, -0.2) is 4.98 Å². The van der Waals surface area contributed by atoms with Gasteiger partial charge in [-0.2, -0.15) is 0 Å². The van der Waals surface area contributed by atoms with Gasteiger partial charge in [-0.3, -0.25) is 4.57 Å². The molecule has 0 saturated heterocycles. The molecule has 14 heavy (non-hydrogen) atoms. The Morgan fingerprint density at radius 3 is 2.43 bits per heavy atom. The normalized spacial score (nSPS) is 11.6. The Hall–Kier alpha value is -1.65. The Morgan fingerprint density at radius 2 is 1.86 bits per heavy atom. The average Bonchev–Trinajstić information content (AvgIpc) is 2.72. The lowest BCUT2D eigenvalue weighted by Crippen LogP contribution is -2.33. The zero-order valence-corrected chi connectivity index (χ0v) is 7.41. The molecular weight excluding hydrogens is 180 g/mol.